The Labute approximate surface area is 160 Å². The van der Waals surface area contributed by atoms with E-state index < -0.39 is 23.7 Å². The van der Waals surface area contributed by atoms with Crippen LogP contribution in [0.4, 0.5) is 18.9 Å². The molecule has 2 amide bonds. The van der Waals surface area contributed by atoms with Crippen LogP contribution in [0.1, 0.15) is 25.3 Å². The van der Waals surface area contributed by atoms with Crippen molar-refractivity contribution < 1.29 is 22.8 Å². The van der Waals surface area contributed by atoms with E-state index in [1.54, 1.807) is 11.8 Å². The van der Waals surface area contributed by atoms with Crippen LogP contribution in [-0.4, -0.2) is 53.8 Å². The first-order valence-corrected chi connectivity index (χ1v) is 9.25. The number of rotatable bonds is 4. The molecule has 0 aromatic heterocycles. The number of nitrogens with one attached hydrogen (secondary N) is 1. The molecular formula is C18H21ClF3N3O2. The van der Waals surface area contributed by atoms with Crippen LogP contribution < -0.4 is 5.32 Å². The largest absolute Gasteiger partial charge is 0.418 e. The molecule has 0 radical (unpaired) electrons. The maximum atomic E-state index is 13.2. The van der Waals surface area contributed by atoms with Crippen molar-refractivity contribution in [2.75, 3.05) is 31.5 Å². The van der Waals surface area contributed by atoms with E-state index in [0.717, 1.165) is 25.0 Å². The van der Waals surface area contributed by atoms with E-state index in [9.17, 15) is 22.8 Å². The molecule has 2 aliphatic rings. The molecule has 1 N–H and O–H groups in total. The number of nitrogens with zero attached hydrogens (tertiary/aromatic N) is 2. The third-order valence-electron chi connectivity index (χ3n) is 5.02. The first-order valence-electron chi connectivity index (χ1n) is 8.87. The van der Waals surface area contributed by atoms with Gasteiger partial charge in [-0.2, -0.15) is 13.2 Å². The van der Waals surface area contributed by atoms with Crippen molar-refractivity contribution in [2.24, 2.45) is 5.92 Å². The zero-order valence-electron chi connectivity index (χ0n) is 14.9. The van der Waals surface area contributed by atoms with Gasteiger partial charge in [0, 0.05) is 37.1 Å². The van der Waals surface area contributed by atoms with Crippen LogP contribution >= 0.6 is 11.6 Å². The molecule has 1 unspecified atom stereocenters. The average Bonchev–Trinajstić information content (AvgIpc) is 3.46. The zero-order chi connectivity index (χ0) is 19.8. The quantitative estimate of drug-likeness (QED) is 0.839. The number of benzene rings is 1. The topological polar surface area (TPSA) is 52.7 Å². The molecule has 1 aromatic rings. The number of halogens is 4. The maximum Gasteiger partial charge on any atom is 0.418 e. The molecule has 27 heavy (non-hydrogen) atoms. The fourth-order valence-corrected chi connectivity index (χ4v) is 3.35. The Morgan fingerprint density at radius 3 is 2.37 bits per heavy atom. The normalized spacial score (nSPS) is 19.7. The Hall–Kier alpha value is -1.80. The van der Waals surface area contributed by atoms with Gasteiger partial charge in [-0.05, 0) is 38.0 Å². The van der Waals surface area contributed by atoms with E-state index in [4.69, 9.17) is 11.6 Å². The van der Waals surface area contributed by atoms with Gasteiger partial charge in [0.05, 0.1) is 17.3 Å². The van der Waals surface area contributed by atoms with Crippen LogP contribution in [0, 0.1) is 5.92 Å². The van der Waals surface area contributed by atoms with Crippen LogP contribution in [0.5, 0.6) is 0 Å². The second-order valence-electron chi connectivity index (χ2n) is 6.99. The molecule has 1 heterocycles. The van der Waals surface area contributed by atoms with Crippen molar-refractivity contribution in [3.8, 4) is 0 Å². The van der Waals surface area contributed by atoms with E-state index in [0.29, 0.717) is 26.2 Å². The van der Waals surface area contributed by atoms with Gasteiger partial charge in [-0.3, -0.25) is 14.5 Å². The van der Waals surface area contributed by atoms with Crippen LogP contribution in [0.15, 0.2) is 18.2 Å². The van der Waals surface area contributed by atoms with E-state index in [2.05, 4.69) is 5.32 Å². The van der Waals surface area contributed by atoms with Crippen LogP contribution in [0.2, 0.25) is 5.02 Å². The molecule has 1 atom stereocenters. The third kappa shape index (κ3) is 4.73. The lowest BCUT2D eigenvalue weighted by molar-refractivity contribution is -0.137. The number of amides is 2. The summed E-state index contributed by atoms with van der Waals surface area (Å²) in [5, 5.41) is 2.31. The highest BCUT2D eigenvalue weighted by molar-refractivity contribution is 6.30. The maximum absolute atomic E-state index is 13.2. The van der Waals surface area contributed by atoms with Gasteiger partial charge in [0.15, 0.2) is 0 Å². The van der Waals surface area contributed by atoms with E-state index in [1.807, 2.05) is 4.90 Å². The lowest BCUT2D eigenvalue weighted by Crippen LogP contribution is -2.54. The second kappa shape index (κ2) is 7.67. The van der Waals surface area contributed by atoms with Crippen molar-refractivity contribution in [1.82, 2.24) is 9.80 Å². The van der Waals surface area contributed by atoms with Gasteiger partial charge in [0.25, 0.3) is 0 Å². The Kier molecular flexibility index (Phi) is 5.67. The molecule has 9 heteroatoms. The molecule has 2 fully saturated rings. The summed E-state index contributed by atoms with van der Waals surface area (Å²) in [7, 11) is 0. The summed E-state index contributed by atoms with van der Waals surface area (Å²) in [5.74, 6) is -0.199. The van der Waals surface area contributed by atoms with Crippen LogP contribution in [-0.2, 0) is 15.8 Å². The Morgan fingerprint density at radius 2 is 1.81 bits per heavy atom. The fourth-order valence-electron chi connectivity index (χ4n) is 3.18. The standard InChI is InChI=1S/C18H21ClF3N3O2/c1-11(24-6-8-25(9-7-24)17(27)12-2-3-12)16(26)23-15-5-4-13(19)10-14(15)18(20,21)22/h4-5,10-12H,2-3,6-9H2,1H3,(H,23,26). The second-order valence-corrected chi connectivity index (χ2v) is 7.42. The molecule has 1 saturated carbocycles. The van der Waals surface area contributed by atoms with Gasteiger partial charge >= 0.3 is 6.18 Å². The number of carbonyl (C=O) groups is 2. The number of anilines is 1. The minimum Gasteiger partial charge on any atom is -0.340 e. The third-order valence-corrected chi connectivity index (χ3v) is 5.26. The summed E-state index contributed by atoms with van der Waals surface area (Å²) in [5.41, 5.74) is -1.29. The van der Waals surface area contributed by atoms with Gasteiger partial charge in [-0.15, -0.1) is 0 Å². The van der Waals surface area contributed by atoms with Gasteiger partial charge in [0.1, 0.15) is 0 Å². The Morgan fingerprint density at radius 1 is 1.19 bits per heavy atom. The predicted molar refractivity (Wildman–Crippen MR) is 95.4 cm³/mol. The minimum atomic E-state index is -4.62. The molecular weight excluding hydrogens is 383 g/mol. The zero-order valence-corrected chi connectivity index (χ0v) is 15.6. The SMILES string of the molecule is CC(C(=O)Nc1ccc(Cl)cc1C(F)(F)F)N1CCN(C(=O)C2CC2)CC1. The fraction of sp³-hybridized carbons (Fsp3) is 0.556. The van der Waals surface area contributed by atoms with Gasteiger partial charge in [-0.1, -0.05) is 11.6 Å². The van der Waals surface area contributed by atoms with Gasteiger partial charge in [-0.25, -0.2) is 0 Å². The van der Waals surface area contributed by atoms with Crippen molar-refractivity contribution in [1.29, 1.82) is 0 Å². The smallest absolute Gasteiger partial charge is 0.340 e. The monoisotopic (exact) mass is 403 g/mol. The first-order chi connectivity index (χ1) is 12.7. The highest BCUT2D eigenvalue weighted by Gasteiger charge is 2.37. The highest BCUT2D eigenvalue weighted by Crippen LogP contribution is 2.36. The number of carbonyl (C=O) groups excluding carboxylic acids is 2. The molecule has 1 aliphatic carbocycles. The molecule has 148 valence electrons. The molecule has 1 aromatic carbocycles. The lowest BCUT2D eigenvalue weighted by Gasteiger charge is -2.37. The molecule has 5 nitrogen and oxygen atoms in total. The molecule has 1 aliphatic heterocycles. The van der Waals surface area contributed by atoms with Crippen LogP contribution in [0.25, 0.3) is 0 Å². The number of hydrogen-bond acceptors (Lipinski definition) is 3. The minimum absolute atomic E-state index is 0.0511. The number of piperazine rings is 1. The van der Waals surface area contributed by atoms with Gasteiger partial charge < -0.3 is 10.2 Å². The van der Waals surface area contributed by atoms with E-state index in [1.165, 1.54) is 6.07 Å². The summed E-state index contributed by atoms with van der Waals surface area (Å²) in [6.45, 7) is 3.74. The summed E-state index contributed by atoms with van der Waals surface area (Å²) < 4.78 is 39.5. The van der Waals surface area contributed by atoms with Gasteiger partial charge in [0.2, 0.25) is 11.8 Å². The van der Waals surface area contributed by atoms with E-state index in [-0.39, 0.29) is 22.5 Å². The van der Waals surface area contributed by atoms with E-state index >= 15 is 0 Å². The van der Waals surface area contributed by atoms with Crippen LogP contribution in [0.3, 0.4) is 0 Å². The summed E-state index contributed by atoms with van der Waals surface area (Å²) in [6, 6.07) is 2.64. The number of hydrogen-bond donors (Lipinski definition) is 1. The van der Waals surface area contributed by atoms with Crippen molar-refractivity contribution in [3.05, 3.63) is 28.8 Å². The van der Waals surface area contributed by atoms with Crippen molar-refractivity contribution in [3.63, 3.8) is 0 Å². The molecule has 0 bridgehead atoms. The molecule has 3 rings (SSSR count). The Balaban J connectivity index is 1.61. The van der Waals surface area contributed by atoms with Crippen molar-refractivity contribution >= 4 is 29.1 Å². The van der Waals surface area contributed by atoms with Crippen molar-refractivity contribution in [2.45, 2.75) is 32.0 Å². The highest BCUT2D eigenvalue weighted by atomic mass is 35.5. The summed E-state index contributed by atoms with van der Waals surface area (Å²) in [6.07, 6.45) is -2.73. The predicted octanol–water partition coefficient (Wildman–Crippen LogP) is 3.24. The number of alkyl halides is 3. The first kappa shape index (κ1) is 19.9. The molecule has 1 saturated heterocycles. The average molecular weight is 404 g/mol. The Bertz CT molecular complexity index is 729. The summed E-state index contributed by atoms with van der Waals surface area (Å²) >= 11 is 5.66. The lowest BCUT2D eigenvalue weighted by atomic mass is 10.1. The molecule has 0 spiro atoms. The summed E-state index contributed by atoms with van der Waals surface area (Å²) in [4.78, 5) is 28.2.